The quantitative estimate of drug-likeness (QED) is 0.624. The van der Waals surface area contributed by atoms with Gasteiger partial charge in [-0.15, -0.1) is 0 Å². The van der Waals surface area contributed by atoms with Crippen molar-refractivity contribution in [3.05, 3.63) is 35.9 Å². The van der Waals surface area contributed by atoms with Gasteiger partial charge in [-0.2, -0.15) is 0 Å². The van der Waals surface area contributed by atoms with Crippen molar-refractivity contribution in [3.63, 3.8) is 0 Å². The summed E-state index contributed by atoms with van der Waals surface area (Å²) < 4.78 is 0. The lowest BCUT2D eigenvalue weighted by atomic mass is 9.94. The molecular formula is C14H16N2O2S. The number of thiocarbonyl (C=S) groups is 1. The van der Waals surface area contributed by atoms with E-state index >= 15 is 0 Å². The van der Waals surface area contributed by atoms with Gasteiger partial charge in [-0.1, -0.05) is 30.3 Å². The molecule has 0 aliphatic carbocycles. The molecule has 2 rings (SSSR count). The Morgan fingerprint density at radius 1 is 1.00 bits per heavy atom. The average Bonchev–Trinajstić information content (AvgIpc) is 2.41. The molecule has 100 valence electrons. The van der Waals surface area contributed by atoms with Gasteiger partial charge in [0.15, 0.2) is 5.11 Å². The van der Waals surface area contributed by atoms with Crippen LogP contribution in [0.2, 0.25) is 0 Å². The molecule has 0 atom stereocenters. The fourth-order valence-corrected chi connectivity index (χ4v) is 2.70. The molecule has 1 aromatic rings. The summed E-state index contributed by atoms with van der Waals surface area (Å²) in [5.74, 6) is -1.23. The van der Waals surface area contributed by atoms with Crippen LogP contribution >= 0.6 is 12.2 Å². The zero-order chi connectivity index (χ0) is 14.0. The minimum Gasteiger partial charge on any atom is -0.288 e. The summed E-state index contributed by atoms with van der Waals surface area (Å²) in [5.41, 5.74) is 0.719. The molecular weight excluding hydrogens is 260 g/mol. The highest BCUT2D eigenvalue weighted by Gasteiger charge is 2.42. The third kappa shape index (κ3) is 2.26. The molecule has 2 amide bonds. The first-order chi connectivity index (χ1) is 9.11. The second-order valence-electron chi connectivity index (χ2n) is 4.29. The van der Waals surface area contributed by atoms with Gasteiger partial charge in [-0.25, -0.2) is 0 Å². The van der Waals surface area contributed by atoms with E-state index in [4.69, 9.17) is 12.2 Å². The van der Waals surface area contributed by atoms with E-state index < -0.39 is 5.92 Å². The molecule has 0 unspecified atom stereocenters. The average molecular weight is 276 g/mol. The number of hydrogen-bond acceptors (Lipinski definition) is 3. The summed E-state index contributed by atoms with van der Waals surface area (Å²) >= 11 is 5.21. The molecule has 0 saturated carbocycles. The molecule has 1 fully saturated rings. The monoisotopic (exact) mass is 276 g/mol. The normalized spacial score (nSPS) is 17.3. The summed E-state index contributed by atoms with van der Waals surface area (Å²) in [6.45, 7) is 4.67. The van der Waals surface area contributed by atoms with Crippen molar-refractivity contribution in [1.82, 2.24) is 9.80 Å². The van der Waals surface area contributed by atoms with E-state index in [1.807, 2.05) is 32.0 Å². The lowest BCUT2D eigenvalue weighted by Crippen LogP contribution is -2.58. The fraction of sp³-hybridized carbons (Fsp3) is 0.357. The van der Waals surface area contributed by atoms with Crippen molar-refractivity contribution in [2.75, 3.05) is 13.1 Å². The van der Waals surface area contributed by atoms with Crippen molar-refractivity contribution >= 4 is 29.1 Å². The Balaban J connectivity index is 2.44. The smallest absolute Gasteiger partial charge is 0.245 e. The third-order valence-corrected chi connectivity index (χ3v) is 3.69. The molecule has 1 aromatic carbocycles. The Morgan fingerprint density at radius 2 is 1.47 bits per heavy atom. The van der Waals surface area contributed by atoms with Gasteiger partial charge >= 0.3 is 0 Å². The minimum absolute atomic E-state index is 0.228. The number of benzene rings is 1. The van der Waals surface area contributed by atoms with Gasteiger partial charge in [0.1, 0.15) is 5.92 Å². The van der Waals surface area contributed by atoms with Gasteiger partial charge in [0, 0.05) is 13.1 Å². The molecule has 19 heavy (non-hydrogen) atoms. The van der Waals surface area contributed by atoms with E-state index in [0.29, 0.717) is 18.2 Å². The van der Waals surface area contributed by atoms with Crippen molar-refractivity contribution in [2.24, 2.45) is 0 Å². The summed E-state index contributed by atoms with van der Waals surface area (Å²) in [6.07, 6.45) is 0. The first kappa shape index (κ1) is 13.7. The third-order valence-electron chi connectivity index (χ3n) is 3.25. The van der Waals surface area contributed by atoms with Crippen molar-refractivity contribution in [2.45, 2.75) is 19.8 Å². The lowest BCUT2D eigenvalue weighted by molar-refractivity contribution is -0.142. The topological polar surface area (TPSA) is 40.6 Å². The van der Waals surface area contributed by atoms with Gasteiger partial charge in [0.2, 0.25) is 11.8 Å². The number of likely N-dealkylation sites (N-methyl/N-ethyl adjacent to an activating group) is 2. The predicted octanol–water partition coefficient (Wildman–Crippen LogP) is 1.77. The summed E-state index contributed by atoms with van der Waals surface area (Å²) in [7, 11) is 0. The number of carbonyl (C=O) groups is 2. The number of amides is 2. The maximum absolute atomic E-state index is 12.4. The van der Waals surface area contributed by atoms with Crippen molar-refractivity contribution in [1.29, 1.82) is 0 Å². The number of nitrogens with zero attached hydrogens (tertiary/aromatic N) is 2. The standard InChI is InChI=1S/C14H16N2O2S/c1-3-15-12(17)11(10-8-6-5-7-9-10)13(18)16(4-2)14(15)19/h5-9,11H,3-4H2,1-2H3. The second-order valence-corrected chi connectivity index (χ2v) is 4.66. The molecule has 0 aromatic heterocycles. The highest BCUT2D eigenvalue weighted by atomic mass is 32.1. The van der Waals surface area contributed by atoms with Crippen molar-refractivity contribution < 1.29 is 9.59 Å². The fourth-order valence-electron chi connectivity index (χ4n) is 2.26. The van der Waals surface area contributed by atoms with Gasteiger partial charge in [-0.05, 0) is 31.6 Å². The molecule has 0 radical (unpaired) electrons. The van der Waals surface area contributed by atoms with Crippen LogP contribution in [-0.4, -0.2) is 39.8 Å². The van der Waals surface area contributed by atoms with Crippen LogP contribution in [0.3, 0.4) is 0 Å². The number of carbonyl (C=O) groups excluding carboxylic acids is 2. The van der Waals surface area contributed by atoms with Crippen LogP contribution in [-0.2, 0) is 9.59 Å². The Morgan fingerprint density at radius 3 is 1.89 bits per heavy atom. The van der Waals surface area contributed by atoms with E-state index in [2.05, 4.69) is 0 Å². The van der Waals surface area contributed by atoms with Crippen LogP contribution in [0.5, 0.6) is 0 Å². The van der Waals surface area contributed by atoms with Gasteiger partial charge in [0.05, 0.1) is 0 Å². The summed E-state index contributed by atoms with van der Waals surface area (Å²) in [6, 6.07) is 9.12. The minimum atomic E-state index is -0.771. The Kier molecular flexibility index (Phi) is 3.95. The SMILES string of the molecule is CCN1C(=O)C(c2ccccc2)C(=O)N(CC)C1=S. The lowest BCUT2D eigenvalue weighted by Gasteiger charge is -2.38. The molecule has 1 aliphatic rings. The highest BCUT2D eigenvalue weighted by Crippen LogP contribution is 2.26. The van der Waals surface area contributed by atoms with Gasteiger partial charge < -0.3 is 0 Å². The molecule has 1 heterocycles. The first-order valence-corrected chi connectivity index (χ1v) is 6.74. The van der Waals surface area contributed by atoms with Gasteiger partial charge in [0.25, 0.3) is 0 Å². The Bertz CT molecular complexity index is 489. The molecule has 0 spiro atoms. The van der Waals surface area contributed by atoms with E-state index in [9.17, 15) is 9.59 Å². The number of rotatable bonds is 3. The maximum atomic E-state index is 12.4. The highest BCUT2D eigenvalue weighted by molar-refractivity contribution is 7.80. The predicted molar refractivity (Wildman–Crippen MR) is 76.6 cm³/mol. The molecule has 1 aliphatic heterocycles. The van der Waals surface area contributed by atoms with E-state index in [0.717, 1.165) is 5.56 Å². The zero-order valence-electron chi connectivity index (χ0n) is 11.0. The van der Waals surface area contributed by atoms with E-state index in [1.54, 1.807) is 12.1 Å². The summed E-state index contributed by atoms with van der Waals surface area (Å²) in [4.78, 5) is 27.9. The van der Waals surface area contributed by atoms with Gasteiger partial charge in [-0.3, -0.25) is 19.4 Å². The number of hydrogen-bond donors (Lipinski definition) is 0. The second kappa shape index (κ2) is 5.48. The molecule has 4 nitrogen and oxygen atoms in total. The largest absolute Gasteiger partial charge is 0.288 e. The van der Waals surface area contributed by atoms with Crippen LogP contribution < -0.4 is 0 Å². The van der Waals surface area contributed by atoms with Crippen LogP contribution in [0.1, 0.15) is 25.3 Å². The van der Waals surface area contributed by atoms with Crippen molar-refractivity contribution in [3.8, 4) is 0 Å². The zero-order valence-corrected chi connectivity index (χ0v) is 11.8. The van der Waals surface area contributed by atoms with Crippen LogP contribution in [0.4, 0.5) is 0 Å². The Labute approximate surface area is 118 Å². The maximum Gasteiger partial charge on any atom is 0.245 e. The van der Waals surface area contributed by atoms with E-state index in [1.165, 1.54) is 9.80 Å². The van der Waals surface area contributed by atoms with Crippen LogP contribution in [0.15, 0.2) is 30.3 Å². The first-order valence-electron chi connectivity index (χ1n) is 6.33. The Hall–Kier alpha value is -1.75. The molecule has 1 saturated heterocycles. The van der Waals surface area contributed by atoms with Crippen LogP contribution in [0.25, 0.3) is 0 Å². The van der Waals surface area contributed by atoms with E-state index in [-0.39, 0.29) is 11.8 Å². The van der Waals surface area contributed by atoms with Crippen LogP contribution in [0, 0.1) is 0 Å². The molecule has 5 heteroatoms. The summed E-state index contributed by atoms with van der Waals surface area (Å²) in [5, 5.41) is 0.312. The molecule has 0 N–H and O–H groups in total. The molecule has 0 bridgehead atoms.